The third kappa shape index (κ3) is 4.59. The van der Waals surface area contributed by atoms with Crippen LogP contribution in [0.15, 0.2) is 47.5 Å². The van der Waals surface area contributed by atoms with E-state index in [0.717, 1.165) is 11.1 Å². The monoisotopic (exact) mass is 401 g/mol. The van der Waals surface area contributed by atoms with Crippen LogP contribution in [-0.2, 0) is 14.8 Å². The first kappa shape index (κ1) is 20.5. The molecular weight excluding hydrogens is 374 g/mol. The molecule has 1 aromatic carbocycles. The molecule has 1 aliphatic heterocycles. The summed E-state index contributed by atoms with van der Waals surface area (Å²) in [5.41, 5.74) is 2.14. The number of aryl methyl sites for hydroxylation is 1. The maximum absolute atomic E-state index is 12.9. The van der Waals surface area contributed by atoms with E-state index in [2.05, 4.69) is 24.1 Å². The Morgan fingerprint density at radius 1 is 1.11 bits per heavy atom. The van der Waals surface area contributed by atoms with Gasteiger partial charge < -0.3 is 5.32 Å². The maximum Gasteiger partial charge on any atom is 0.243 e. The number of carbonyl (C=O) groups is 1. The summed E-state index contributed by atoms with van der Waals surface area (Å²) in [4.78, 5) is 17.0. The van der Waals surface area contributed by atoms with E-state index in [1.165, 1.54) is 4.31 Å². The lowest BCUT2D eigenvalue weighted by atomic mass is 9.97. The molecule has 7 heteroatoms. The fourth-order valence-corrected chi connectivity index (χ4v) is 4.77. The van der Waals surface area contributed by atoms with Gasteiger partial charge in [-0.2, -0.15) is 4.31 Å². The molecule has 1 fully saturated rings. The first-order valence-electron chi connectivity index (χ1n) is 9.61. The fourth-order valence-electron chi connectivity index (χ4n) is 3.30. The number of aromatic nitrogens is 1. The highest BCUT2D eigenvalue weighted by molar-refractivity contribution is 7.89. The first-order valence-corrected chi connectivity index (χ1v) is 11.0. The van der Waals surface area contributed by atoms with Crippen LogP contribution in [0, 0.1) is 12.8 Å². The second-order valence-electron chi connectivity index (χ2n) is 7.61. The smallest absolute Gasteiger partial charge is 0.243 e. The molecule has 6 nitrogen and oxygen atoms in total. The molecule has 0 atom stereocenters. The van der Waals surface area contributed by atoms with Gasteiger partial charge >= 0.3 is 0 Å². The van der Waals surface area contributed by atoms with Crippen LogP contribution in [0.1, 0.15) is 43.7 Å². The van der Waals surface area contributed by atoms with Gasteiger partial charge in [-0.1, -0.05) is 32.0 Å². The molecule has 1 saturated heterocycles. The highest BCUT2D eigenvalue weighted by Crippen LogP contribution is 2.26. The van der Waals surface area contributed by atoms with Crippen LogP contribution < -0.4 is 5.32 Å². The number of hydrogen-bond donors (Lipinski definition) is 1. The molecule has 0 aliphatic carbocycles. The van der Waals surface area contributed by atoms with Crippen molar-refractivity contribution in [2.75, 3.05) is 18.4 Å². The third-order valence-electron chi connectivity index (χ3n) is 5.17. The maximum atomic E-state index is 12.9. The minimum absolute atomic E-state index is 0.102. The van der Waals surface area contributed by atoms with Crippen LogP contribution in [0.25, 0.3) is 0 Å². The van der Waals surface area contributed by atoms with Gasteiger partial charge in [0.15, 0.2) is 0 Å². The number of hydrogen-bond acceptors (Lipinski definition) is 4. The zero-order chi connectivity index (χ0) is 20.3. The van der Waals surface area contributed by atoms with Gasteiger partial charge in [0.25, 0.3) is 0 Å². The standard InChI is InChI=1S/C21H27N3O3S/c1-15(2)17-5-7-19(8-6-17)28(26,27)24-12-10-18(11-13-24)21(25)23-20-9-4-16(3)14-22-20/h4-9,14-15,18H,10-13H2,1-3H3,(H,22,23,25). The quantitative estimate of drug-likeness (QED) is 0.831. The second kappa shape index (κ2) is 8.41. The highest BCUT2D eigenvalue weighted by atomic mass is 32.2. The second-order valence-corrected chi connectivity index (χ2v) is 9.55. The van der Waals surface area contributed by atoms with E-state index in [4.69, 9.17) is 0 Å². The van der Waals surface area contributed by atoms with E-state index >= 15 is 0 Å². The Labute approximate surface area is 167 Å². The molecule has 1 aliphatic rings. The molecule has 1 N–H and O–H groups in total. The normalized spacial score (nSPS) is 16.3. The summed E-state index contributed by atoms with van der Waals surface area (Å²) in [6.07, 6.45) is 2.71. The van der Waals surface area contributed by atoms with Crippen molar-refractivity contribution in [3.63, 3.8) is 0 Å². The van der Waals surface area contributed by atoms with Gasteiger partial charge in [0.2, 0.25) is 15.9 Å². The van der Waals surface area contributed by atoms with Crippen molar-refractivity contribution < 1.29 is 13.2 Å². The highest BCUT2D eigenvalue weighted by Gasteiger charge is 2.32. The van der Waals surface area contributed by atoms with Crippen molar-refractivity contribution in [2.45, 2.75) is 44.4 Å². The molecule has 0 radical (unpaired) electrons. The number of anilines is 1. The van der Waals surface area contributed by atoms with E-state index < -0.39 is 10.0 Å². The molecule has 2 aromatic rings. The summed E-state index contributed by atoms with van der Waals surface area (Å²) < 4.78 is 27.2. The number of nitrogens with zero attached hydrogens (tertiary/aromatic N) is 2. The van der Waals surface area contributed by atoms with Crippen molar-refractivity contribution in [3.05, 3.63) is 53.7 Å². The molecule has 0 unspecified atom stereocenters. The molecule has 0 saturated carbocycles. The van der Waals surface area contributed by atoms with E-state index in [9.17, 15) is 13.2 Å². The van der Waals surface area contributed by atoms with Crippen molar-refractivity contribution in [1.29, 1.82) is 0 Å². The van der Waals surface area contributed by atoms with E-state index in [1.807, 2.05) is 25.1 Å². The number of carbonyl (C=O) groups excluding carboxylic acids is 1. The Balaban J connectivity index is 1.60. The van der Waals surface area contributed by atoms with Gasteiger partial charge in [0, 0.05) is 25.2 Å². The van der Waals surface area contributed by atoms with Gasteiger partial charge in [-0.15, -0.1) is 0 Å². The lowest BCUT2D eigenvalue weighted by molar-refractivity contribution is -0.120. The summed E-state index contributed by atoms with van der Waals surface area (Å²) in [6.45, 7) is 6.77. The molecule has 3 rings (SSSR count). The summed E-state index contributed by atoms with van der Waals surface area (Å²) >= 11 is 0. The SMILES string of the molecule is Cc1ccc(NC(=O)C2CCN(S(=O)(=O)c3ccc(C(C)C)cc3)CC2)nc1. The predicted molar refractivity (Wildman–Crippen MR) is 110 cm³/mol. The fraction of sp³-hybridized carbons (Fsp3) is 0.429. The van der Waals surface area contributed by atoms with Crippen molar-refractivity contribution in [2.24, 2.45) is 5.92 Å². The van der Waals surface area contributed by atoms with Crippen LogP contribution in [0.3, 0.4) is 0 Å². The minimum Gasteiger partial charge on any atom is -0.310 e. The van der Waals surface area contributed by atoms with Gasteiger partial charge in [-0.05, 0) is 55.0 Å². The molecule has 2 heterocycles. The van der Waals surface area contributed by atoms with Crippen LogP contribution in [0.4, 0.5) is 5.82 Å². The van der Waals surface area contributed by atoms with Crippen LogP contribution in [-0.4, -0.2) is 36.7 Å². The summed E-state index contributed by atoms with van der Waals surface area (Å²) in [5.74, 6) is 0.567. The molecule has 0 spiro atoms. The number of nitrogens with one attached hydrogen (secondary N) is 1. The van der Waals surface area contributed by atoms with Gasteiger partial charge in [0.05, 0.1) is 4.90 Å². The zero-order valence-corrected chi connectivity index (χ0v) is 17.4. The molecule has 28 heavy (non-hydrogen) atoms. The average molecular weight is 402 g/mol. The number of piperidine rings is 1. The Bertz CT molecular complexity index is 914. The van der Waals surface area contributed by atoms with E-state index in [-0.39, 0.29) is 11.8 Å². The Hall–Kier alpha value is -2.25. The van der Waals surface area contributed by atoms with Gasteiger partial charge in [-0.3, -0.25) is 4.79 Å². The number of pyridine rings is 1. The van der Waals surface area contributed by atoms with Crippen LogP contribution >= 0.6 is 0 Å². The minimum atomic E-state index is -3.53. The van der Waals surface area contributed by atoms with E-state index in [0.29, 0.717) is 42.6 Å². The van der Waals surface area contributed by atoms with Crippen LogP contribution in [0.5, 0.6) is 0 Å². The third-order valence-corrected chi connectivity index (χ3v) is 7.08. The number of benzene rings is 1. The molecule has 0 bridgehead atoms. The largest absolute Gasteiger partial charge is 0.310 e. The Morgan fingerprint density at radius 3 is 2.29 bits per heavy atom. The summed E-state index contributed by atoms with van der Waals surface area (Å²) in [5, 5.41) is 2.82. The van der Waals surface area contributed by atoms with Gasteiger partial charge in [-0.25, -0.2) is 13.4 Å². The summed E-state index contributed by atoms with van der Waals surface area (Å²) in [6, 6.07) is 10.7. The topological polar surface area (TPSA) is 79.4 Å². The molecule has 150 valence electrons. The molecular formula is C21H27N3O3S. The Kier molecular flexibility index (Phi) is 6.15. The number of sulfonamides is 1. The number of amides is 1. The average Bonchev–Trinajstić information content (AvgIpc) is 2.70. The van der Waals surface area contributed by atoms with Gasteiger partial charge in [0.1, 0.15) is 5.82 Å². The van der Waals surface area contributed by atoms with Crippen LogP contribution in [0.2, 0.25) is 0 Å². The Morgan fingerprint density at radius 2 is 1.75 bits per heavy atom. The molecule has 1 amide bonds. The molecule has 1 aromatic heterocycles. The van der Waals surface area contributed by atoms with Crippen molar-refractivity contribution in [3.8, 4) is 0 Å². The van der Waals surface area contributed by atoms with E-state index in [1.54, 1.807) is 24.4 Å². The lowest BCUT2D eigenvalue weighted by Gasteiger charge is -2.30. The predicted octanol–water partition coefficient (Wildman–Crippen LogP) is 3.55. The summed E-state index contributed by atoms with van der Waals surface area (Å²) in [7, 11) is -3.53. The lowest BCUT2D eigenvalue weighted by Crippen LogP contribution is -2.41. The number of rotatable bonds is 5. The van der Waals surface area contributed by atoms with Crippen molar-refractivity contribution >= 4 is 21.7 Å². The first-order chi connectivity index (χ1) is 13.3. The van der Waals surface area contributed by atoms with Crippen molar-refractivity contribution in [1.82, 2.24) is 9.29 Å². The zero-order valence-electron chi connectivity index (χ0n) is 16.6.